The van der Waals surface area contributed by atoms with E-state index in [1.54, 1.807) is 13.8 Å². The van der Waals surface area contributed by atoms with E-state index in [2.05, 4.69) is 0 Å². The van der Waals surface area contributed by atoms with Gasteiger partial charge in [0.05, 0.1) is 0 Å². The molecule has 0 saturated heterocycles. The summed E-state index contributed by atoms with van der Waals surface area (Å²) in [4.78, 5) is 31.5. The van der Waals surface area contributed by atoms with Crippen LogP contribution < -0.4 is 0 Å². The van der Waals surface area contributed by atoms with E-state index in [-0.39, 0.29) is 30.5 Å². The van der Waals surface area contributed by atoms with Gasteiger partial charge in [0.2, 0.25) is 0 Å². The lowest BCUT2D eigenvalue weighted by atomic mass is 9.92. The molecule has 0 aliphatic carbocycles. The van der Waals surface area contributed by atoms with Crippen LogP contribution in [0.3, 0.4) is 0 Å². The Bertz CT molecular complexity index is 157. The predicted molar refractivity (Wildman–Crippen MR) is 44.7 cm³/mol. The maximum Gasteiger partial charge on any atom is 0.139 e. The Morgan fingerprint density at radius 2 is 1.42 bits per heavy atom. The number of ketones is 1. The van der Waals surface area contributed by atoms with Crippen LogP contribution in [0.25, 0.3) is 0 Å². The number of hydrogen-bond donors (Lipinski definition) is 0. The number of hydrogen-bond acceptors (Lipinski definition) is 3. The molecule has 0 aliphatic rings. The minimum atomic E-state index is -0.252. The zero-order valence-electron chi connectivity index (χ0n) is 7.45. The highest BCUT2D eigenvalue weighted by Crippen LogP contribution is 2.11. The Labute approximate surface area is 72.1 Å². The van der Waals surface area contributed by atoms with Crippen LogP contribution in [-0.2, 0) is 14.4 Å². The molecule has 0 saturated carbocycles. The highest BCUT2D eigenvalue weighted by atomic mass is 16.1. The molecule has 0 rings (SSSR count). The largest absolute Gasteiger partial charge is 0.303 e. The molecule has 0 aromatic heterocycles. The Balaban J connectivity index is 3.98. The number of carbonyl (C=O) groups is 3. The van der Waals surface area contributed by atoms with Gasteiger partial charge in [-0.3, -0.25) is 4.79 Å². The molecule has 0 heterocycles. The minimum absolute atomic E-state index is 0.00537. The Morgan fingerprint density at radius 1 is 1.08 bits per heavy atom. The van der Waals surface area contributed by atoms with Crippen LogP contribution in [0.15, 0.2) is 0 Å². The van der Waals surface area contributed by atoms with Gasteiger partial charge in [0, 0.05) is 24.7 Å². The zero-order valence-corrected chi connectivity index (χ0v) is 7.45. The second-order valence-electron chi connectivity index (χ2n) is 3.01. The Morgan fingerprint density at radius 3 is 1.67 bits per heavy atom. The monoisotopic (exact) mass is 170 g/mol. The van der Waals surface area contributed by atoms with Gasteiger partial charge in [-0.15, -0.1) is 0 Å². The lowest BCUT2D eigenvalue weighted by Gasteiger charge is -2.10. The second-order valence-corrected chi connectivity index (χ2v) is 3.01. The molecule has 68 valence electrons. The van der Waals surface area contributed by atoms with Gasteiger partial charge in [-0.1, -0.05) is 13.8 Å². The molecule has 0 aromatic carbocycles. The molecule has 3 heteroatoms. The van der Waals surface area contributed by atoms with E-state index in [0.29, 0.717) is 0 Å². The van der Waals surface area contributed by atoms with Crippen molar-refractivity contribution in [3.63, 3.8) is 0 Å². The fourth-order valence-corrected chi connectivity index (χ4v) is 1.01. The van der Waals surface area contributed by atoms with Gasteiger partial charge in [0.1, 0.15) is 18.4 Å². The van der Waals surface area contributed by atoms with Crippen LogP contribution in [0, 0.1) is 11.8 Å². The van der Waals surface area contributed by atoms with Gasteiger partial charge >= 0.3 is 0 Å². The number of aldehydes is 2. The molecule has 0 N–H and O–H groups in total. The van der Waals surface area contributed by atoms with Crippen molar-refractivity contribution in [1.82, 2.24) is 0 Å². The first-order chi connectivity index (χ1) is 5.63. The lowest BCUT2D eigenvalue weighted by Crippen LogP contribution is -2.20. The minimum Gasteiger partial charge on any atom is -0.303 e. The van der Waals surface area contributed by atoms with E-state index in [1.807, 2.05) is 0 Å². The van der Waals surface area contributed by atoms with Crippen LogP contribution in [0.1, 0.15) is 26.7 Å². The Hall–Kier alpha value is -0.990. The van der Waals surface area contributed by atoms with Crippen molar-refractivity contribution in [2.45, 2.75) is 26.7 Å². The number of rotatable bonds is 6. The van der Waals surface area contributed by atoms with E-state index in [9.17, 15) is 14.4 Å². The van der Waals surface area contributed by atoms with Crippen molar-refractivity contribution >= 4 is 18.4 Å². The van der Waals surface area contributed by atoms with E-state index < -0.39 is 0 Å². The topological polar surface area (TPSA) is 51.2 Å². The molecule has 0 bridgehead atoms. The maximum absolute atomic E-state index is 11.3. The molecule has 0 aliphatic heterocycles. The van der Waals surface area contributed by atoms with Crippen molar-refractivity contribution in [1.29, 1.82) is 0 Å². The average molecular weight is 170 g/mol. The van der Waals surface area contributed by atoms with Crippen molar-refractivity contribution in [3.05, 3.63) is 0 Å². The summed E-state index contributed by atoms with van der Waals surface area (Å²) in [5, 5.41) is 0. The van der Waals surface area contributed by atoms with Crippen molar-refractivity contribution < 1.29 is 14.4 Å². The molecule has 3 nitrogen and oxygen atoms in total. The zero-order chi connectivity index (χ0) is 9.56. The fraction of sp³-hybridized carbons (Fsp3) is 0.667. The van der Waals surface area contributed by atoms with Crippen LogP contribution in [-0.4, -0.2) is 18.4 Å². The summed E-state index contributed by atoms with van der Waals surface area (Å²) in [6.07, 6.45) is 1.97. The van der Waals surface area contributed by atoms with Gasteiger partial charge < -0.3 is 9.59 Å². The number of Topliss-reactive ketones (excluding diaryl/α,β-unsaturated/α-hetero) is 1. The standard InChI is InChI=1S/C9H14O3/c1-7(3-5-10)9(12)8(2)4-6-11/h5-8H,3-4H2,1-2H3. The molecule has 0 fully saturated rings. The average Bonchev–Trinajstić information content (AvgIpc) is 2.04. The molecule has 0 radical (unpaired) electrons. The maximum atomic E-state index is 11.3. The van der Waals surface area contributed by atoms with Gasteiger partial charge in [0.15, 0.2) is 0 Å². The smallest absolute Gasteiger partial charge is 0.139 e. The molecule has 0 amide bonds. The molecule has 2 unspecified atom stereocenters. The van der Waals surface area contributed by atoms with Crippen LogP contribution >= 0.6 is 0 Å². The summed E-state index contributed by atoms with van der Waals surface area (Å²) in [6, 6.07) is 0. The number of carbonyl (C=O) groups excluding carboxylic acids is 3. The van der Waals surface area contributed by atoms with Crippen molar-refractivity contribution in [2.24, 2.45) is 11.8 Å². The highest BCUT2D eigenvalue weighted by molar-refractivity contribution is 5.86. The van der Waals surface area contributed by atoms with Gasteiger partial charge in [-0.25, -0.2) is 0 Å². The van der Waals surface area contributed by atoms with Crippen LogP contribution in [0.4, 0.5) is 0 Å². The third-order valence-electron chi connectivity index (χ3n) is 1.87. The third kappa shape index (κ3) is 3.42. The summed E-state index contributed by atoms with van der Waals surface area (Å²) < 4.78 is 0. The second kappa shape index (κ2) is 5.63. The van der Waals surface area contributed by atoms with Crippen molar-refractivity contribution in [3.8, 4) is 0 Å². The molecule has 0 spiro atoms. The molecule has 2 atom stereocenters. The summed E-state index contributed by atoms with van der Waals surface area (Å²) in [6.45, 7) is 3.41. The third-order valence-corrected chi connectivity index (χ3v) is 1.87. The Kier molecular flexibility index (Phi) is 5.17. The predicted octanol–water partition coefficient (Wildman–Crippen LogP) is 1.01. The van der Waals surface area contributed by atoms with Gasteiger partial charge in [0.25, 0.3) is 0 Å². The van der Waals surface area contributed by atoms with E-state index in [1.165, 1.54) is 0 Å². The molecule has 12 heavy (non-hydrogen) atoms. The van der Waals surface area contributed by atoms with Crippen LogP contribution in [0.2, 0.25) is 0 Å². The van der Waals surface area contributed by atoms with Gasteiger partial charge in [-0.2, -0.15) is 0 Å². The quantitative estimate of drug-likeness (QED) is 0.559. The first-order valence-electron chi connectivity index (χ1n) is 4.04. The highest BCUT2D eigenvalue weighted by Gasteiger charge is 2.18. The molecular weight excluding hydrogens is 156 g/mol. The van der Waals surface area contributed by atoms with Gasteiger partial charge in [-0.05, 0) is 0 Å². The first-order valence-corrected chi connectivity index (χ1v) is 4.04. The first kappa shape index (κ1) is 11.0. The van der Waals surface area contributed by atoms with E-state index in [4.69, 9.17) is 0 Å². The molecular formula is C9H14O3. The van der Waals surface area contributed by atoms with E-state index >= 15 is 0 Å². The summed E-state index contributed by atoms with van der Waals surface area (Å²) in [7, 11) is 0. The SMILES string of the molecule is CC(CC=O)C(=O)C(C)CC=O. The normalized spacial score (nSPS) is 14.8. The summed E-state index contributed by atoms with van der Waals surface area (Å²) >= 11 is 0. The summed E-state index contributed by atoms with van der Waals surface area (Å²) in [5.74, 6) is -0.510. The molecule has 0 aromatic rings. The lowest BCUT2D eigenvalue weighted by molar-refractivity contribution is -0.128. The van der Waals surface area contributed by atoms with E-state index in [0.717, 1.165) is 12.6 Å². The summed E-state index contributed by atoms with van der Waals surface area (Å²) in [5.41, 5.74) is 0. The van der Waals surface area contributed by atoms with Crippen molar-refractivity contribution in [2.75, 3.05) is 0 Å². The van der Waals surface area contributed by atoms with Crippen LogP contribution in [0.5, 0.6) is 0 Å². The fourth-order valence-electron chi connectivity index (χ4n) is 1.01.